The normalized spacial score (nSPS) is 21.5. The van der Waals surface area contributed by atoms with Crippen LogP contribution in [-0.2, 0) is 9.59 Å². The molecule has 126 valence electrons. The highest BCUT2D eigenvalue weighted by Gasteiger charge is 2.23. The maximum Gasteiger partial charge on any atom is 0.236 e. The lowest BCUT2D eigenvalue weighted by Gasteiger charge is -2.34. The lowest BCUT2D eigenvalue weighted by atomic mass is 10.3. The Labute approximate surface area is 133 Å². The summed E-state index contributed by atoms with van der Waals surface area (Å²) in [7, 11) is 5.99. The van der Waals surface area contributed by atoms with E-state index >= 15 is 0 Å². The summed E-state index contributed by atoms with van der Waals surface area (Å²) in [6, 6.07) is 0. The van der Waals surface area contributed by atoms with Gasteiger partial charge in [0.15, 0.2) is 0 Å². The van der Waals surface area contributed by atoms with E-state index in [1.807, 2.05) is 21.7 Å². The molecule has 2 aliphatic heterocycles. The molecule has 22 heavy (non-hydrogen) atoms. The summed E-state index contributed by atoms with van der Waals surface area (Å²) in [5.74, 6) is 0.253. The number of hydrogen-bond acceptors (Lipinski definition) is 5. The molecule has 2 aliphatic rings. The van der Waals surface area contributed by atoms with E-state index in [0.717, 1.165) is 52.4 Å². The molecule has 0 bridgehead atoms. The van der Waals surface area contributed by atoms with Crippen LogP contribution in [0.1, 0.15) is 0 Å². The summed E-state index contributed by atoms with van der Waals surface area (Å²) in [6.07, 6.45) is 0. The number of carbonyl (C=O) groups excluding carboxylic acids is 2. The molecule has 0 saturated carbocycles. The van der Waals surface area contributed by atoms with E-state index in [0.29, 0.717) is 13.1 Å². The zero-order valence-electron chi connectivity index (χ0n) is 14.1. The second kappa shape index (κ2) is 7.89. The predicted molar refractivity (Wildman–Crippen MR) is 85.7 cm³/mol. The second-order valence-electron chi connectivity index (χ2n) is 6.54. The van der Waals surface area contributed by atoms with Crippen molar-refractivity contribution in [2.45, 2.75) is 0 Å². The lowest BCUT2D eigenvalue weighted by Crippen LogP contribution is -2.52. The molecule has 0 aliphatic carbocycles. The van der Waals surface area contributed by atoms with E-state index in [1.54, 1.807) is 0 Å². The van der Waals surface area contributed by atoms with E-state index in [-0.39, 0.29) is 11.8 Å². The van der Waals surface area contributed by atoms with E-state index in [9.17, 15) is 9.59 Å². The first-order valence-electron chi connectivity index (χ1n) is 8.07. The minimum absolute atomic E-state index is 0.127. The minimum atomic E-state index is 0.127. The number of likely N-dealkylation sites (N-methyl/N-ethyl adjacent to an activating group) is 3. The van der Waals surface area contributed by atoms with Crippen LogP contribution in [0.15, 0.2) is 0 Å². The molecule has 0 unspecified atom stereocenters. The molecule has 0 radical (unpaired) electrons. The number of amides is 2. The SMILES string of the molecule is CN1CCN(C(=O)CN(C)CC(=O)N2CCN(C)CC2)CC1. The van der Waals surface area contributed by atoms with Crippen molar-refractivity contribution in [3.05, 3.63) is 0 Å². The van der Waals surface area contributed by atoms with Crippen LogP contribution in [0.4, 0.5) is 0 Å². The minimum Gasteiger partial charge on any atom is -0.339 e. The summed E-state index contributed by atoms with van der Waals surface area (Å²) < 4.78 is 0. The largest absolute Gasteiger partial charge is 0.339 e. The molecule has 2 fully saturated rings. The van der Waals surface area contributed by atoms with E-state index < -0.39 is 0 Å². The highest BCUT2D eigenvalue weighted by molar-refractivity contribution is 5.81. The third kappa shape index (κ3) is 4.93. The van der Waals surface area contributed by atoms with E-state index in [4.69, 9.17) is 0 Å². The van der Waals surface area contributed by atoms with Gasteiger partial charge in [0, 0.05) is 52.4 Å². The summed E-state index contributed by atoms with van der Waals surface area (Å²) >= 11 is 0. The van der Waals surface area contributed by atoms with Gasteiger partial charge in [-0.1, -0.05) is 0 Å². The maximum atomic E-state index is 12.3. The molecule has 0 spiro atoms. The van der Waals surface area contributed by atoms with Gasteiger partial charge in [-0.25, -0.2) is 0 Å². The van der Waals surface area contributed by atoms with Gasteiger partial charge in [0.05, 0.1) is 13.1 Å². The van der Waals surface area contributed by atoms with Gasteiger partial charge in [-0.2, -0.15) is 0 Å². The first-order valence-corrected chi connectivity index (χ1v) is 8.07. The average molecular weight is 311 g/mol. The number of hydrogen-bond donors (Lipinski definition) is 0. The van der Waals surface area contributed by atoms with Crippen LogP contribution in [0.2, 0.25) is 0 Å². The molecule has 2 heterocycles. The highest BCUT2D eigenvalue weighted by atomic mass is 16.2. The number of nitrogens with zero attached hydrogens (tertiary/aromatic N) is 5. The first kappa shape index (κ1) is 17.2. The van der Waals surface area contributed by atoms with Crippen LogP contribution in [-0.4, -0.2) is 123 Å². The van der Waals surface area contributed by atoms with Gasteiger partial charge >= 0.3 is 0 Å². The Hall–Kier alpha value is -1.18. The Morgan fingerprint density at radius 2 is 1.05 bits per heavy atom. The van der Waals surface area contributed by atoms with E-state index in [1.165, 1.54) is 0 Å². The zero-order valence-corrected chi connectivity index (χ0v) is 14.1. The van der Waals surface area contributed by atoms with Gasteiger partial charge in [0.1, 0.15) is 0 Å². The third-order valence-electron chi connectivity index (χ3n) is 4.52. The Kier molecular flexibility index (Phi) is 6.16. The van der Waals surface area contributed by atoms with Crippen molar-refractivity contribution < 1.29 is 9.59 Å². The summed E-state index contributed by atoms with van der Waals surface area (Å²) in [4.78, 5) is 34.6. The Morgan fingerprint density at radius 1 is 0.727 bits per heavy atom. The van der Waals surface area contributed by atoms with Gasteiger partial charge < -0.3 is 19.6 Å². The van der Waals surface area contributed by atoms with Crippen molar-refractivity contribution >= 4 is 11.8 Å². The fraction of sp³-hybridized carbons (Fsp3) is 0.867. The first-order chi connectivity index (χ1) is 10.5. The van der Waals surface area contributed by atoms with Crippen molar-refractivity contribution in [3.8, 4) is 0 Å². The van der Waals surface area contributed by atoms with Gasteiger partial charge in [0.2, 0.25) is 11.8 Å². The molecular weight excluding hydrogens is 282 g/mol. The van der Waals surface area contributed by atoms with Crippen LogP contribution in [0.25, 0.3) is 0 Å². The molecule has 2 amide bonds. The standard InChI is InChI=1S/C15H29N5O2/c1-16-4-8-19(9-5-16)14(21)12-18(3)13-15(22)20-10-6-17(2)7-11-20/h4-13H2,1-3H3. The molecule has 0 N–H and O–H groups in total. The second-order valence-corrected chi connectivity index (χ2v) is 6.54. The monoisotopic (exact) mass is 311 g/mol. The van der Waals surface area contributed by atoms with Crippen LogP contribution in [0, 0.1) is 0 Å². The molecule has 0 atom stereocenters. The Balaban J connectivity index is 1.71. The van der Waals surface area contributed by atoms with Gasteiger partial charge in [-0.3, -0.25) is 14.5 Å². The van der Waals surface area contributed by atoms with Crippen molar-refractivity contribution in [2.24, 2.45) is 0 Å². The lowest BCUT2D eigenvalue weighted by molar-refractivity contribution is -0.136. The van der Waals surface area contributed by atoms with Gasteiger partial charge in [-0.05, 0) is 21.1 Å². The maximum absolute atomic E-state index is 12.3. The fourth-order valence-corrected chi connectivity index (χ4v) is 2.83. The van der Waals surface area contributed by atoms with Crippen LogP contribution in [0.3, 0.4) is 0 Å². The number of rotatable bonds is 4. The molecular formula is C15H29N5O2. The van der Waals surface area contributed by atoms with Crippen LogP contribution in [0.5, 0.6) is 0 Å². The Morgan fingerprint density at radius 3 is 1.36 bits per heavy atom. The quantitative estimate of drug-likeness (QED) is 0.630. The molecule has 0 aromatic carbocycles. The summed E-state index contributed by atoms with van der Waals surface area (Å²) in [5, 5.41) is 0. The third-order valence-corrected chi connectivity index (χ3v) is 4.52. The molecule has 2 rings (SSSR count). The number of piperazine rings is 2. The molecule has 7 nitrogen and oxygen atoms in total. The molecule has 7 heteroatoms. The van der Waals surface area contributed by atoms with Gasteiger partial charge in [0.25, 0.3) is 0 Å². The molecule has 0 aromatic rings. The predicted octanol–water partition coefficient (Wildman–Crippen LogP) is -1.53. The van der Waals surface area contributed by atoms with Crippen LogP contribution < -0.4 is 0 Å². The van der Waals surface area contributed by atoms with Crippen molar-refractivity contribution in [1.82, 2.24) is 24.5 Å². The fourth-order valence-electron chi connectivity index (χ4n) is 2.83. The van der Waals surface area contributed by atoms with E-state index in [2.05, 4.69) is 23.9 Å². The van der Waals surface area contributed by atoms with Gasteiger partial charge in [-0.15, -0.1) is 0 Å². The smallest absolute Gasteiger partial charge is 0.236 e. The van der Waals surface area contributed by atoms with Crippen LogP contribution >= 0.6 is 0 Å². The molecule has 2 saturated heterocycles. The average Bonchev–Trinajstić information content (AvgIpc) is 2.48. The van der Waals surface area contributed by atoms with Crippen molar-refractivity contribution in [3.63, 3.8) is 0 Å². The van der Waals surface area contributed by atoms with Crippen molar-refractivity contribution in [1.29, 1.82) is 0 Å². The number of carbonyl (C=O) groups is 2. The topological polar surface area (TPSA) is 50.3 Å². The zero-order chi connectivity index (χ0) is 16.1. The Bertz CT molecular complexity index is 351. The summed E-state index contributed by atoms with van der Waals surface area (Å²) in [5.41, 5.74) is 0. The highest BCUT2D eigenvalue weighted by Crippen LogP contribution is 2.03. The summed E-state index contributed by atoms with van der Waals surface area (Å²) in [6.45, 7) is 7.50. The van der Waals surface area contributed by atoms with Crippen molar-refractivity contribution in [2.75, 3.05) is 86.6 Å². The molecule has 0 aromatic heterocycles.